The van der Waals surface area contributed by atoms with E-state index in [1.807, 2.05) is 30.5 Å². The van der Waals surface area contributed by atoms with Crippen LogP contribution in [-0.4, -0.2) is 58.8 Å². The van der Waals surface area contributed by atoms with Crippen molar-refractivity contribution < 1.29 is 19.0 Å². The molecule has 0 radical (unpaired) electrons. The van der Waals surface area contributed by atoms with Crippen molar-refractivity contribution in [3.63, 3.8) is 0 Å². The van der Waals surface area contributed by atoms with E-state index in [0.717, 1.165) is 42.7 Å². The van der Waals surface area contributed by atoms with Gasteiger partial charge >= 0.3 is 0 Å². The molecule has 3 aromatic heterocycles. The lowest BCUT2D eigenvalue weighted by atomic mass is 9.99. The number of anilines is 3. The highest BCUT2D eigenvalue weighted by Gasteiger charge is 2.27. The second kappa shape index (κ2) is 9.92. The maximum atomic E-state index is 14.5. The number of halogens is 1. The number of aryl methyl sites for hydroxylation is 1. The number of pyridine rings is 2. The maximum Gasteiger partial charge on any atom is 0.254 e. The Morgan fingerprint density at radius 2 is 1.89 bits per heavy atom. The van der Waals surface area contributed by atoms with Gasteiger partial charge in [-0.2, -0.15) is 0 Å². The molecule has 0 unspecified atom stereocenters. The van der Waals surface area contributed by atoms with Crippen molar-refractivity contribution in [3.05, 3.63) is 71.4 Å². The van der Waals surface area contributed by atoms with Gasteiger partial charge in [0.1, 0.15) is 5.82 Å². The Balaban J connectivity index is 0.00000130. The molecule has 0 aliphatic carbocycles. The number of nitrogens with one attached hydrogen (secondary N) is 2. The number of aliphatic hydroxyl groups excluding tert-OH is 1. The molecule has 1 aromatic carbocycles. The molecule has 1 saturated heterocycles. The van der Waals surface area contributed by atoms with E-state index >= 15 is 0 Å². The number of hydrogen-bond donors (Lipinski definition) is 3. The summed E-state index contributed by atoms with van der Waals surface area (Å²) in [5.41, 5.74) is 5.53. The molecule has 0 atom stereocenters. The quantitative estimate of drug-likeness (QED) is 0.403. The van der Waals surface area contributed by atoms with Crippen LogP contribution in [0.15, 0.2) is 48.9 Å². The molecule has 0 bridgehead atoms. The fourth-order valence-corrected chi connectivity index (χ4v) is 4.61. The Morgan fingerprint density at radius 1 is 1.08 bits per heavy atom. The summed E-state index contributed by atoms with van der Waals surface area (Å²) in [5.74, 6) is 0.156. The molecule has 10 heteroatoms. The molecule has 0 spiro atoms. The fraction of sp³-hybridized carbons (Fsp3) is 0.269. The standard InChI is InChI=1S/C25H23FN6O2.CH4O/c1-15-6-7-32-20(14-28-24(32)23(15)26)17-3-4-19(22-18(17)13-29-25(22)33)30-21-5-2-16(12-27-21)31-8-10-34-11-9-31;1-2/h2-7,12,14H,8-11,13H2,1H3,(H,27,30)(H,29,33);2H,1H3. The van der Waals surface area contributed by atoms with Crippen LogP contribution in [0, 0.1) is 12.7 Å². The Hall–Kier alpha value is -4.02. The predicted molar refractivity (Wildman–Crippen MR) is 135 cm³/mol. The molecule has 2 aliphatic heterocycles. The monoisotopic (exact) mass is 490 g/mol. The van der Waals surface area contributed by atoms with Crippen molar-refractivity contribution in [1.29, 1.82) is 0 Å². The van der Waals surface area contributed by atoms with Gasteiger partial charge in [-0.05, 0) is 42.3 Å². The van der Waals surface area contributed by atoms with Crippen LogP contribution < -0.4 is 15.5 Å². The second-order valence-corrected chi connectivity index (χ2v) is 8.47. The van der Waals surface area contributed by atoms with Gasteiger partial charge in [0.15, 0.2) is 11.5 Å². The number of rotatable bonds is 4. The lowest BCUT2D eigenvalue weighted by Crippen LogP contribution is -2.36. The van der Waals surface area contributed by atoms with E-state index in [-0.39, 0.29) is 17.4 Å². The Kier molecular flexibility index (Phi) is 6.53. The zero-order chi connectivity index (χ0) is 25.2. The average Bonchev–Trinajstić information content (AvgIpc) is 3.53. The number of aliphatic hydroxyl groups is 1. The third-order valence-corrected chi connectivity index (χ3v) is 6.44. The smallest absolute Gasteiger partial charge is 0.254 e. The van der Waals surface area contributed by atoms with E-state index in [9.17, 15) is 9.18 Å². The van der Waals surface area contributed by atoms with Crippen LogP contribution in [-0.2, 0) is 11.3 Å². The highest BCUT2D eigenvalue weighted by molar-refractivity contribution is 6.06. The molecule has 0 saturated carbocycles. The number of fused-ring (bicyclic) bond motifs is 2. The first-order valence-corrected chi connectivity index (χ1v) is 11.7. The van der Waals surface area contributed by atoms with Gasteiger partial charge in [0, 0.05) is 38.5 Å². The number of nitrogens with zero attached hydrogens (tertiary/aromatic N) is 4. The number of ether oxygens (including phenoxy) is 1. The molecule has 6 rings (SSSR count). The minimum Gasteiger partial charge on any atom is -0.400 e. The number of morpholine rings is 1. The third kappa shape index (κ3) is 4.14. The number of benzene rings is 1. The number of amides is 1. The molecule has 2 aliphatic rings. The van der Waals surface area contributed by atoms with Crippen LogP contribution >= 0.6 is 0 Å². The fourth-order valence-electron chi connectivity index (χ4n) is 4.61. The predicted octanol–water partition coefficient (Wildman–Crippen LogP) is 3.28. The molecule has 36 heavy (non-hydrogen) atoms. The maximum absolute atomic E-state index is 14.5. The van der Waals surface area contributed by atoms with Gasteiger partial charge in [0.25, 0.3) is 5.91 Å². The lowest BCUT2D eigenvalue weighted by molar-refractivity contribution is 0.0966. The zero-order valence-electron chi connectivity index (χ0n) is 20.1. The summed E-state index contributed by atoms with van der Waals surface area (Å²) in [6, 6.07) is 9.45. The van der Waals surface area contributed by atoms with Gasteiger partial charge < -0.3 is 25.4 Å². The van der Waals surface area contributed by atoms with Gasteiger partial charge in [-0.25, -0.2) is 14.4 Å². The number of aromatic nitrogens is 3. The molecule has 5 heterocycles. The molecule has 4 aromatic rings. The largest absolute Gasteiger partial charge is 0.400 e. The summed E-state index contributed by atoms with van der Waals surface area (Å²) >= 11 is 0. The second-order valence-electron chi connectivity index (χ2n) is 8.47. The first-order chi connectivity index (χ1) is 17.6. The van der Waals surface area contributed by atoms with E-state index in [1.54, 1.807) is 29.8 Å². The normalized spacial score (nSPS) is 14.8. The molecule has 186 valence electrons. The van der Waals surface area contributed by atoms with Crippen molar-refractivity contribution in [2.24, 2.45) is 0 Å². The minimum atomic E-state index is -0.343. The van der Waals surface area contributed by atoms with Crippen LogP contribution in [0.5, 0.6) is 0 Å². The molecule has 1 fully saturated rings. The van der Waals surface area contributed by atoms with Gasteiger partial charge in [-0.1, -0.05) is 6.07 Å². The minimum absolute atomic E-state index is 0.153. The number of hydrogen-bond acceptors (Lipinski definition) is 7. The van der Waals surface area contributed by atoms with E-state index in [0.29, 0.717) is 42.4 Å². The van der Waals surface area contributed by atoms with E-state index in [4.69, 9.17) is 9.84 Å². The van der Waals surface area contributed by atoms with Crippen LogP contribution in [0.25, 0.3) is 16.9 Å². The third-order valence-electron chi connectivity index (χ3n) is 6.44. The first-order valence-electron chi connectivity index (χ1n) is 11.7. The summed E-state index contributed by atoms with van der Waals surface area (Å²) in [4.78, 5) is 23.8. The van der Waals surface area contributed by atoms with Crippen molar-refractivity contribution >= 4 is 28.7 Å². The lowest BCUT2D eigenvalue weighted by Gasteiger charge is -2.28. The molecular formula is C26H27FN6O3. The highest BCUT2D eigenvalue weighted by Crippen LogP contribution is 2.35. The number of carbonyl (C=O) groups is 1. The highest BCUT2D eigenvalue weighted by atomic mass is 19.1. The van der Waals surface area contributed by atoms with Gasteiger partial charge in [0.05, 0.1) is 48.2 Å². The SMILES string of the molecule is CO.Cc1ccn2c(-c3ccc(Nc4ccc(N5CCOCC5)cn4)c4c3CNC4=O)cnc2c1F. The van der Waals surface area contributed by atoms with E-state index < -0.39 is 0 Å². The number of carbonyl (C=O) groups excluding carboxylic acids is 1. The topological polar surface area (TPSA) is 104 Å². The molecule has 3 N–H and O–H groups in total. The number of imidazole rings is 1. The van der Waals surface area contributed by atoms with Crippen molar-refractivity contribution in [2.75, 3.05) is 43.6 Å². The summed E-state index contributed by atoms with van der Waals surface area (Å²) in [6.45, 7) is 5.22. The average molecular weight is 491 g/mol. The van der Waals surface area contributed by atoms with Crippen molar-refractivity contribution in [3.8, 4) is 11.3 Å². The molecular weight excluding hydrogens is 463 g/mol. The summed E-state index contributed by atoms with van der Waals surface area (Å²) < 4.78 is 21.7. The van der Waals surface area contributed by atoms with E-state index in [1.165, 1.54) is 0 Å². The Bertz CT molecular complexity index is 1410. The van der Waals surface area contributed by atoms with Crippen LogP contribution in [0.4, 0.5) is 21.6 Å². The summed E-state index contributed by atoms with van der Waals surface area (Å²) in [5, 5.41) is 13.2. The van der Waals surface area contributed by atoms with Gasteiger partial charge in [0.2, 0.25) is 0 Å². The zero-order valence-corrected chi connectivity index (χ0v) is 20.1. The Labute approximate surface area is 207 Å². The van der Waals surface area contributed by atoms with Crippen LogP contribution in [0.2, 0.25) is 0 Å². The van der Waals surface area contributed by atoms with Crippen LogP contribution in [0.1, 0.15) is 21.5 Å². The first kappa shape index (κ1) is 23.7. The van der Waals surface area contributed by atoms with Gasteiger partial charge in [-0.15, -0.1) is 0 Å². The van der Waals surface area contributed by atoms with Crippen molar-refractivity contribution in [1.82, 2.24) is 19.7 Å². The Morgan fingerprint density at radius 3 is 2.64 bits per heavy atom. The van der Waals surface area contributed by atoms with E-state index in [2.05, 4.69) is 25.5 Å². The molecule has 9 nitrogen and oxygen atoms in total. The molecule has 1 amide bonds. The van der Waals surface area contributed by atoms with Crippen LogP contribution in [0.3, 0.4) is 0 Å². The van der Waals surface area contributed by atoms with Gasteiger partial charge in [-0.3, -0.25) is 9.20 Å². The summed E-state index contributed by atoms with van der Waals surface area (Å²) in [7, 11) is 1.00. The van der Waals surface area contributed by atoms with Crippen molar-refractivity contribution in [2.45, 2.75) is 13.5 Å². The summed E-state index contributed by atoms with van der Waals surface area (Å²) in [6.07, 6.45) is 5.28.